The molecule has 0 radical (unpaired) electrons. The molecule has 1 amide bonds. The first-order valence-electron chi connectivity index (χ1n) is 7.07. The average Bonchev–Trinajstić information content (AvgIpc) is 2.59. The standard InChI is InChI=1S/C17H16F2N2O3/c1-23-16-9-6-12(11-21-16)10-20-15(22)8-7-13-4-2-3-5-14(13)24-17(18)19/h2-9,11,17H,10H2,1H3,(H,20,22)/b8-7+. The van der Waals surface area contributed by atoms with Gasteiger partial charge in [-0.1, -0.05) is 24.3 Å². The fraction of sp³-hybridized carbons (Fsp3) is 0.176. The molecule has 0 aliphatic carbocycles. The summed E-state index contributed by atoms with van der Waals surface area (Å²) in [6.07, 6.45) is 4.26. The lowest BCUT2D eigenvalue weighted by atomic mass is 10.2. The van der Waals surface area contributed by atoms with Crippen molar-refractivity contribution in [1.29, 1.82) is 0 Å². The lowest BCUT2D eigenvalue weighted by Crippen LogP contribution is -2.20. The Balaban J connectivity index is 1.93. The van der Waals surface area contributed by atoms with Crippen LogP contribution in [-0.2, 0) is 11.3 Å². The summed E-state index contributed by atoms with van der Waals surface area (Å²) in [6, 6.07) is 9.70. The van der Waals surface area contributed by atoms with E-state index in [0.717, 1.165) is 5.56 Å². The topological polar surface area (TPSA) is 60.5 Å². The van der Waals surface area contributed by atoms with Gasteiger partial charge in [-0.05, 0) is 17.7 Å². The molecule has 0 aliphatic heterocycles. The number of alkyl halides is 2. The van der Waals surface area contributed by atoms with Crippen LogP contribution in [0.2, 0.25) is 0 Å². The van der Waals surface area contributed by atoms with Crippen LogP contribution in [0.1, 0.15) is 11.1 Å². The number of methoxy groups -OCH3 is 1. The van der Waals surface area contributed by atoms with Crippen LogP contribution in [0.5, 0.6) is 11.6 Å². The Bertz CT molecular complexity index is 703. The summed E-state index contributed by atoms with van der Waals surface area (Å²) in [5, 5.41) is 2.67. The van der Waals surface area contributed by atoms with Gasteiger partial charge in [0.15, 0.2) is 0 Å². The molecule has 0 unspecified atom stereocenters. The van der Waals surface area contributed by atoms with Gasteiger partial charge < -0.3 is 14.8 Å². The molecule has 0 saturated carbocycles. The van der Waals surface area contributed by atoms with Gasteiger partial charge in [0.2, 0.25) is 11.8 Å². The normalized spacial score (nSPS) is 10.8. The molecule has 24 heavy (non-hydrogen) atoms. The minimum absolute atomic E-state index is 0.0101. The number of hydrogen-bond acceptors (Lipinski definition) is 4. The van der Waals surface area contributed by atoms with Gasteiger partial charge in [-0.25, -0.2) is 4.98 Å². The van der Waals surface area contributed by atoms with Crippen molar-refractivity contribution in [2.24, 2.45) is 0 Å². The number of halogens is 2. The zero-order valence-corrected chi connectivity index (χ0v) is 12.9. The van der Waals surface area contributed by atoms with E-state index in [1.54, 1.807) is 36.5 Å². The Morgan fingerprint density at radius 1 is 1.29 bits per heavy atom. The molecule has 0 atom stereocenters. The maximum absolute atomic E-state index is 12.3. The molecule has 1 N–H and O–H groups in total. The highest BCUT2D eigenvalue weighted by Crippen LogP contribution is 2.21. The summed E-state index contributed by atoms with van der Waals surface area (Å²) in [7, 11) is 1.52. The second-order valence-corrected chi connectivity index (χ2v) is 4.68. The van der Waals surface area contributed by atoms with Crippen molar-refractivity contribution >= 4 is 12.0 Å². The van der Waals surface area contributed by atoms with Gasteiger partial charge in [-0.15, -0.1) is 0 Å². The first-order valence-corrected chi connectivity index (χ1v) is 7.07. The summed E-state index contributed by atoms with van der Waals surface area (Å²) in [4.78, 5) is 15.8. The number of ether oxygens (including phenoxy) is 2. The smallest absolute Gasteiger partial charge is 0.387 e. The highest BCUT2D eigenvalue weighted by atomic mass is 19.3. The molecule has 1 aromatic carbocycles. The third kappa shape index (κ3) is 5.35. The molecule has 1 heterocycles. The first kappa shape index (κ1) is 17.4. The van der Waals surface area contributed by atoms with Crippen molar-refractivity contribution in [1.82, 2.24) is 10.3 Å². The third-order valence-electron chi connectivity index (χ3n) is 3.02. The molecular weight excluding hydrogens is 318 g/mol. The molecular formula is C17H16F2N2O3. The van der Waals surface area contributed by atoms with Crippen molar-refractivity contribution in [3.8, 4) is 11.6 Å². The second kappa shape index (κ2) is 8.61. The van der Waals surface area contributed by atoms with E-state index in [4.69, 9.17) is 4.74 Å². The Kier molecular flexibility index (Phi) is 6.24. The van der Waals surface area contributed by atoms with E-state index in [-0.39, 0.29) is 18.2 Å². The summed E-state index contributed by atoms with van der Waals surface area (Å²) in [6.45, 7) is -2.63. The van der Waals surface area contributed by atoms with Crippen molar-refractivity contribution < 1.29 is 23.0 Å². The van der Waals surface area contributed by atoms with E-state index >= 15 is 0 Å². The van der Waals surface area contributed by atoms with Crippen molar-refractivity contribution in [3.63, 3.8) is 0 Å². The highest BCUT2D eigenvalue weighted by molar-refractivity contribution is 5.92. The van der Waals surface area contributed by atoms with E-state index < -0.39 is 6.61 Å². The first-order chi connectivity index (χ1) is 11.6. The lowest BCUT2D eigenvalue weighted by molar-refractivity contribution is -0.116. The highest BCUT2D eigenvalue weighted by Gasteiger charge is 2.07. The Labute approximate surface area is 137 Å². The zero-order chi connectivity index (χ0) is 17.4. The number of hydrogen-bond donors (Lipinski definition) is 1. The van der Waals surface area contributed by atoms with E-state index in [9.17, 15) is 13.6 Å². The maximum Gasteiger partial charge on any atom is 0.387 e. The number of carbonyl (C=O) groups is 1. The Hall–Kier alpha value is -2.96. The number of para-hydroxylation sites is 1. The molecule has 5 nitrogen and oxygen atoms in total. The zero-order valence-electron chi connectivity index (χ0n) is 12.9. The number of benzene rings is 1. The van der Waals surface area contributed by atoms with Crippen LogP contribution in [0.4, 0.5) is 8.78 Å². The van der Waals surface area contributed by atoms with Crippen LogP contribution in [0.3, 0.4) is 0 Å². The minimum Gasteiger partial charge on any atom is -0.481 e. The number of pyridine rings is 1. The SMILES string of the molecule is COc1ccc(CNC(=O)/C=C/c2ccccc2OC(F)F)cn1. The summed E-state index contributed by atoms with van der Waals surface area (Å²) >= 11 is 0. The predicted octanol–water partition coefficient (Wildman–Crippen LogP) is 3.02. The van der Waals surface area contributed by atoms with Crippen LogP contribution in [0.15, 0.2) is 48.7 Å². The molecule has 7 heteroatoms. The number of amides is 1. The molecule has 126 valence electrons. The molecule has 0 saturated heterocycles. The van der Waals surface area contributed by atoms with Crippen molar-refractivity contribution in [2.45, 2.75) is 13.2 Å². The lowest BCUT2D eigenvalue weighted by Gasteiger charge is -2.07. The molecule has 1 aromatic heterocycles. The minimum atomic E-state index is -2.92. The largest absolute Gasteiger partial charge is 0.481 e. The van der Waals surface area contributed by atoms with Gasteiger partial charge in [-0.3, -0.25) is 4.79 Å². The van der Waals surface area contributed by atoms with Gasteiger partial charge in [0.05, 0.1) is 7.11 Å². The summed E-state index contributed by atoms with van der Waals surface area (Å²) < 4.78 is 34.0. The van der Waals surface area contributed by atoms with E-state index in [0.29, 0.717) is 11.4 Å². The van der Waals surface area contributed by atoms with Gasteiger partial charge in [0.25, 0.3) is 0 Å². The number of nitrogens with one attached hydrogen (secondary N) is 1. The predicted molar refractivity (Wildman–Crippen MR) is 84.7 cm³/mol. The van der Waals surface area contributed by atoms with Gasteiger partial charge >= 0.3 is 6.61 Å². The second-order valence-electron chi connectivity index (χ2n) is 4.68. The maximum atomic E-state index is 12.3. The monoisotopic (exact) mass is 334 g/mol. The average molecular weight is 334 g/mol. The molecule has 0 spiro atoms. The summed E-state index contributed by atoms with van der Waals surface area (Å²) in [5.41, 5.74) is 1.19. The molecule has 2 aromatic rings. The van der Waals surface area contributed by atoms with E-state index in [1.165, 1.54) is 25.3 Å². The number of rotatable bonds is 7. The third-order valence-corrected chi connectivity index (χ3v) is 3.02. The number of nitrogens with zero attached hydrogens (tertiary/aromatic N) is 1. The fourth-order valence-corrected chi connectivity index (χ4v) is 1.87. The van der Waals surface area contributed by atoms with Crippen molar-refractivity contribution in [3.05, 3.63) is 59.8 Å². The van der Waals surface area contributed by atoms with Gasteiger partial charge in [0, 0.05) is 30.4 Å². The van der Waals surface area contributed by atoms with E-state index in [1.807, 2.05) is 0 Å². The molecule has 0 fully saturated rings. The Morgan fingerprint density at radius 2 is 2.08 bits per heavy atom. The Morgan fingerprint density at radius 3 is 2.75 bits per heavy atom. The van der Waals surface area contributed by atoms with Crippen molar-refractivity contribution in [2.75, 3.05) is 7.11 Å². The van der Waals surface area contributed by atoms with Crippen LogP contribution in [0, 0.1) is 0 Å². The van der Waals surface area contributed by atoms with Gasteiger partial charge in [0.1, 0.15) is 5.75 Å². The van der Waals surface area contributed by atoms with Crippen LogP contribution in [0.25, 0.3) is 6.08 Å². The number of aromatic nitrogens is 1. The summed E-state index contributed by atoms with van der Waals surface area (Å²) in [5.74, 6) is 0.134. The number of carbonyl (C=O) groups excluding carboxylic acids is 1. The van der Waals surface area contributed by atoms with Gasteiger partial charge in [-0.2, -0.15) is 8.78 Å². The van der Waals surface area contributed by atoms with E-state index in [2.05, 4.69) is 15.0 Å². The quantitative estimate of drug-likeness (QED) is 0.791. The molecule has 0 aliphatic rings. The molecule has 0 bridgehead atoms. The van der Waals surface area contributed by atoms with Crippen LogP contribution in [-0.4, -0.2) is 24.6 Å². The van der Waals surface area contributed by atoms with Crippen LogP contribution >= 0.6 is 0 Å². The molecule has 2 rings (SSSR count). The van der Waals surface area contributed by atoms with Crippen LogP contribution < -0.4 is 14.8 Å². The fourth-order valence-electron chi connectivity index (χ4n) is 1.87.